The molecule has 0 aliphatic carbocycles. The molecule has 2 aromatic rings. The summed E-state index contributed by atoms with van der Waals surface area (Å²) in [5, 5.41) is 2.85. The zero-order valence-electron chi connectivity index (χ0n) is 15.0. The number of nitrogens with one attached hydrogen (secondary N) is 1. The third-order valence-corrected chi connectivity index (χ3v) is 4.20. The molecule has 0 saturated carbocycles. The maximum atomic E-state index is 12.1. The number of hydrogen-bond donors (Lipinski definition) is 1. The number of anilines is 1. The van der Waals surface area contributed by atoms with Gasteiger partial charge < -0.3 is 19.7 Å². The maximum absolute atomic E-state index is 12.1. The number of nitrogens with zero attached hydrogens (tertiary/aromatic N) is 1. The first-order chi connectivity index (χ1) is 12.5. The van der Waals surface area contributed by atoms with E-state index < -0.39 is 0 Å². The first-order valence-electron chi connectivity index (χ1n) is 8.52. The molecule has 6 heteroatoms. The van der Waals surface area contributed by atoms with Crippen molar-refractivity contribution in [1.82, 2.24) is 4.90 Å². The summed E-state index contributed by atoms with van der Waals surface area (Å²) in [5.41, 5.74) is 2.82. The number of aryl methyl sites for hydroxylation is 1. The van der Waals surface area contributed by atoms with Crippen molar-refractivity contribution >= 4 is 17.5 Å². The van der Waals surface area contributed by atoms with Gasteiger partial charge in [0.1, 0.15) is 0 Å². The summed E-state index contributed by atoms with van der Waals surface area (Å²) >= 11 is 0. The van der Waals surface area contributed by atoms with Gasteiger partial charge in [-0.15, -0.1) is 0 Å². The van der Waals surface area contributed by atoms with Gasteiger partial charge in [-0.1, -0.05) is 23.8 Å². The van der Waals surface area contributed by atoms with E-state index in [9.17, 15) is 9.59 Å². The van der Waals surface area contributed by atoms with Crippen LogP contribution in [0.3, 0.4) is 0 Å². The molecular formula is C20H22N2O4. The Morgan fingerprint density at radius 2 is 1.81 bits per heavy atom. The average molecular weight is 354 g/mol. The predicted octanol–water partition coefficient (Wildman–Crippen LogP) is 3.10. The van der Waals surface area contributed by atoms with Crippen LogP contribution in [0.5, 0.6) is 11.5 Å². The molecule has 1 aliphatic heterocycles. The molecule has 2 aromatic carbocycles. The van der Waals surface area contributed by atoms with E-state index >= 15 is 0 Å². The van der Waals surface area contributed by atoms with Crippen molar-refractivity contribution in [3.63, 3.8) is 0 Å². The van der Waals surface area contributed by atoms with Gasteiger partial charge in [-0.3, -0.25) is 9.59 Å². The SMILES string of the molecule is CC(=O)N(CCC(=O)Nc1ccc(C)cc1)Cc1ccc2c(c1)OCO2. The van der Waals surface area contributed by atoms with Gasteiger partial charge in [0.05, 0.1) is 0 Å². The fourth-order valence-electron chi connectivity index (χ4n) is 2.70. The third kappa shape index (κ3) is 4.53. The quantitative estimate of drug-likeness (QED) is 0.865. The molecule has 136 valence electrons. The lowest BCUT2D eigenvalue weighted by atomic mass is 10.2. The largest absolute Gasteiger partial charge is 0.454 e. The predicted molar refractivity (Wildman–Crippen MR) is 98.1 cm³/mol. The van der Waals surface area contributed by atoms with E-state index in [0.29, 0.717) is 24.6 Å². The molecule has 0 saturated heterocycles. The Morgan fingerprint density at radius 1 is 1.08 bits per heavy atom. The fraction of sp³-hybridized carbons (Fsp3) is 0.300. The molecular weight excluding hydrogens is 332 g/mol. The van der Waals surface area contributed by atoms with Gasteiger partial charge in [0.25, 0.3) is 0 Å². The highest BCUT2D eigenvalue weighted by Crippen LogP contribution is 2.32. The zero-order valence-corrected chi connectivity index (χ0v) is 15.0. The van der Waals surface area contributed by atoms with Crippen molar-refractivity contribution in [2.24, 2.45) is 0 Å². The lowest BCUT2D eigenvalue weighted by molar-refractivity contribution is -0.129. The summed E-state index contributed by atoms with van der Waals surface area (Å²) in [7, 11) is 0. The van der Waals surface area contributed by atoms with E-state index in [2.05, 4.69) is 5.32 Å². The van der Waals surface area contributed by atoms with E-state index in [1.165, 1.54) is 6.92 Å². The molecule has 26 heavy (non-hydrogen) atoms. The van der Waals surface area contributed by atoms with Crippen LogP contribution in [0, 0.1) is 6.92 Å². The molecule has 0 fully saturated rings. The molecule has 0 bridgehead atoms. The normalized spacial score (nSPS) is 11.9. The van der Waals surface area contributed by atoms with Crippen LogP contribution in [0.2, 0.25) is 0 Å². The Bertz CT molecular complexity index is 802. The van der Waals surface area contributed by atoms with Crippen LogP contribution >= 0.6 is 0 Å². The zero-order chi connectivity index (χ0) is 18.5. The number of rotatable bonds is 6. The molecule has 0 spiro atoms. The molecule has 1 heterocycles. The Labute approximate surface area is 152 Å². The Kier molecular flexibility index (Phi) is 5.41. The van der Waals surface area contributed by atoms with Crippen molar-refractivity contribution in [1.29, 1.82) is 0 Å². The van der Waals surface area contributed by atoms with E-state index in [0.717, 1.165) is 16.8 Å². The average Bonchev–Trinajstić information content (AvgIpc) is 3.08. The highest BCUT2D eigenvalue weighted by atomic mass is 16.7. The van der Waals surface area contributed by atoms with Crippen LogP contribution in [0.15, 0.2) is 42.5 Å². The van der Waals surface area contributed by atoms with Crippen molar-refractivity contribution in [3.05, 3.63) is 53.6 Å². The minimum atomic E-state index is -0.120. The molecule has 0 atom stereocenters. The molecule has 2 amide bonds. The molecule has 1 N–H and O–H groups in total. The van der Waals surface area contributed by atoms with Crippen LogP contribution in [0.25, 0.3) is 0 Å². The first-order valence-corrected chi connectivity index (χ1v) is 8.52. The van der Waals surface area contributed by atoms with Crippen molar-refractivity contribution in [2.75, 3.05) is 18.7 Å². The van der Waals surface area contributed by atoms with Gasteiger partial charge in [0, 0.05) is 32.1 Å². The number of carbonyl (C=O) groups excluding carboxylic acids is 2. The molecule has 0 radical (unpaired) electrons. The van der Waals surface area contributed by atoms with E-state index in [1.54, 1.807) is 4.90 Å². The topological polar surface area (TPSA) is 67.9 Å². The highest BCUT2D eigenvalue weighted by Gasteiger charge is 2.16. The van der Waals surface area contributed by atoms with Crippen molar-refractivity contribution < 1.29 is 19.1 Å². The number of ether oxygens (including phenoxy) is 2. The van der Waals surface area contributed by atoms with Crippen LogP contribution in [-0.4, -0.2) is 30.1 Å². The number of hydrogen-bond acceptors (Lipinski definition) is 4. The first kappa shape index (κ1) is 17.8. The second kappa shape index (κ2) is 7.91. The standard InChI is InChI=1S/C20H22N2O4/c1-14-3-6-17(7-4-14)21-20(24)9-10-22(15(2)23)12-16-5-8-18-19(11-16)26-13-25-18/h3-8,11H,9-10,12-13H2,1-2H3,(H,21,24). The smallest absolute Gasteiger partial charge is 0.231 e. The second-order valence-corrected chi connectivity index (χ2v) is 6.29. The molecule has 3 rings (SSSR count). The van der Waals surface area contributed by atoms with Crippen LogP contribution < -0.4 is 14.8 Å². The minimum absolute atomic E-state index is 0.0780. The summed E-state index contributed by atoms with van der Waals surface area (Å²) in [6, 6.07) is 13.2. The van der Waals surface area contributed by atoms with Gasteiger partial charge in [-0.25, -0.2) is 0 Å². The number of fused-ring (bicyclic) bond motifs is 1. The van der Waals surface area contributed by atoms with E-state index in [1.807, 2.05) is 49.4 Å². The lowest BCUT2D eigenvalue weighted by Crippen LogP contribution is -2.31. The van der Waals surface area contributed by atoms with Gasteiger partial charge in [0.2, 0.25) is 18.6 Å². The van der Waals surface area contributed by atoms with Crippen LogP contribution in [0.4, 0.5) is 5.69 Å². The minimum Gasteiger partial charge on any atom is -0.454 e. The summed E-state index contributed by atoms with van der Waals surface area (Å²) < 4.78 is 10.7. The Hall–Kier alpha value is -3.02. The second-order valence-electron chi connectivity index (χ2n) is 6.29. The highest BCUT2D eigenvalue weighted by molar-refractivity contribution is 5.91. The fourth-order valence-corrected chi connectivity index (χ4v) is 2.70. The number of amides is 2. The molecule has 0 unspecified atom stereocenters. The third-order valence-electron chi connectivity index (χ3n) is 4.20. The number of benzene rings is 2. The van der Waals surface area contributed by atoms with E-state index in [4.69, 9.17) is 9.47 Å². The van der Waals surface area contributed by atoms with Crippen molar-refractivity contribution in [2.45, 2.75) is 26.8 Å². The lowest BCUT2D eigenvalue weighted by Gasteiger charge is -2.21. The Balaban J connectivity index is 1.55. The molecule has 6 nitrogen and oxygen atoms in total. The van der Waals surface area contributed by atoms with Crippen LogP contribution in [0.1, 0.15) is 24.5 Å². The van der Waals surface area contributed by atoms with Crippen molar-refractivity contribution in [3.8, 4) is 11.5 Å². The van der Waals surface area contributed by atoms with Crippen LogP contribution in [-0.2, 0) is 16.1 Å². The maximum Gasteiger partial charge on any atom is 0.231 e. The van der Waals surface area contributed by atoms with Gasteiger partial charge in [-0.05, 0) is 36.8 Å². The summed E-state index contributed by atoms with van der Waals surface area (Å²) in [6.07, 6.45) is 0.234. The summed E-state index contributed by atoms with van der Waals surface area (Å²) in [5.74, 6) is 1.19. The van der Waals surface area contributed by atoms with E-state index in [-0.39, 0.29) is 25.0 Å². The molecule has 0 aromatic heterocycles. The summed E-state index contributed by atoms with van der Waals surface area (Å²) in [4.78, 5) is 25.7. The van der Waals surface area contributed by atoms with Gasteiger partial charge in [0.15, 0.2) is 11.5 Å². The number of carbonyl (C=O) groups is 2. The van der Waals surface area contributed by atoms with Gasteiger partial charge >= 0.3 is 0 Å². The Morgan fingerprint density at radius 3 is 2.54 bits per heavy atom. The monoisotopic (exact) mass is 354 g/mol. The molecule has 1 aliphatic rings. The van der Waals surface area contributed by atoms with Gasteiger partial charge in [-0.2, -0.15) is 0 Å². The summed E-state index contributed by atoms with van der Waals surface area (Å²) in [6.45, 7) is 4.48.